The van der Waals surface area contributed by atoms with Crippen molar-refractivity contribution in [2.45, 2.75) is 44.8 Å². The van der Waals surface area contributed by atoms with Crippen LogP contribution in [0.5, 0.6) is 0 Å². The van der Waals surface area contributed by atoms with Gasteiger partial charge in [0, 0.05) is 68.3 Å². The molecule has 2 aliphatic rings. The van der Waals surface area contributed by atoms with Gasteiger partial charge in [0.05, 0.1) is 6.61 Å². The van der Waals surface area contributed by atoms with Crippen molar-refractivity contribution in [3.05, 3.63) is 23.4 Å². The second-order valence-electron chi connectivity index (χ2n) is 8.77. The maximum atomic E-state index is 14.0. The summed E-state index contributed by atoms with van der Waals surface area (Å²) in [7, 11) is -1.20. The van der Waals surface area contributed by atoms with E-state index in [1.54, 1.807) is 14.0 Å². The Morgan fingerprint density at radius 3 is 2.16 bits per heavy atom. The van der Waals surface area contributed by atoms with Crippen LogP contribution in [0, 0.1) is 0 Å². The third kappa shape index (κ3) is 6.01. The number of allylic oxidation sites excluding steroid dienone is 4. The van der Waals surface area contributed by atoms with E-state index in [2.05, 4.69) is 28.7 Å². The number of likely N-dealkylation sites (tertiary alicyclic amines) is 1. The van der Waals surface area contributed by atoms with Crippen molar-refractivity contribution in [1.29, 1.82) is 0 Å². The summed E-state index contributed by atoms with van der Waals surface area (Å²) in [5.74, 6) is 3.67. The molecule has 0 bridgehead atoms. The number of primary amides is 1. The summed E-state index contributed by atoms with van der Waals surface area (Å²) in [6.07, 6.45) is 5.64. The first kappa shape index (κ1) is 26.6. The van der Waals surface area contributed by atoms with Gasteiger partial charge in [-0.15, -0.1) is 0 Å². The first-order valence-corrected chi connectivity index (χ1v) is 13.0. The Balaban J connectivity index is 2.02. The average Bonchev–Trinajstić information content (AvgIpc) is 2.77. The zero-order valence-corrected chi connectivity index (χ0v) is 20.9. The number of nitrogens with two attached hydrogens (primary N) is 1. The largest absolute Gasteiger partial charge is 0.383 e. The molecule has 9 heteroatoms. The van der Waals surface area contributed by atoms with E-state index in [0.717, 1.165) is 17.8 Å². The number of hydrogen-bond acceptors (Lipinski definition) is 6. The number of piperidine rings is 1. The molecule has 182 valence electrons. The molecule has 2 aliphatic heterocycles. The zero-order chi connectivity index (χ0) is 23.9. The minimum Gasteiger partial charge on any atom is -0.383 e. The van der Waals surface area contributed by atoms with Crippen LogP contribution in [0.1, 0.15) is 40.0 Å². The van der Waals surface area contributed by atoms with Crippen LogP contribution >= 0.6 is 0 Å². The summed E-state index contributed by atoms with van der Waals surface area (Å²) in [4.78, 5) is 28.4. The standard InChI is InChI=1S/C23H40N4O4S/c1-19(21(3)28)7-6-8-20(2)26-13-15-27(16-14-26)32(5,30)23(22(24)29)9-11-25(12-10-23)17-18-31-4/h7-8H,5-6,9-18H2,1-4H3,(H2,24,29)/b19-7+,20-8+. The summed E-state index contributed by atoms with van der Waals surface area (Å²) in [6, 6.07) is 0. The number of hydrogen-bond donors (Lipinski definition) is 1. The van der Waals surface area contributed by atoms with Crippen molar-refractivity contribution in [3.8, 4) is 0 Å². The molecule has 1 amide bonds. The molecule has 2 fully saturated rings. The molecule has 0 aromatic carbocycles. The van der Waals surface area contributed by atoms with Crippen LogP contribution in [0.4, 0.5) is 0 Å². The van der Waals surface area contributed by atoms with Crippen LogP contribution < -0.4 is 5.73 Å². The van der Waals surface area contributed by atoms with Crippen molar-refractivity contribution in [3.63, 3.8) is 0 Å². The van der Waals surface area contributed by atoms with E-state index in [0.29, 0.717) is 65.1 Å². The van der Waals surface area contributed by atoms with Gasteiger partial charge in [-0.3, -0.25) is 13.8 Å². The molecule has 0 aliphatic carbocycles. The molecule has 32 heavy (non-hydrogen) atoms. The van der Waals surface area contributed by atoms with Crippen LogP contribution in [0.3, 0.4) is 0 Å². The Bertz CT molecular complexity index is 834. The van der Waals surface area contributed by atoms with Crippen molar-refractivity contribution in [2.24, 2.45) is 5.73 Å². The Morgan fingerprint density at radius 2 is 1.66 bits per heavy atom. The molecular formula is C23H40N4O4S. The fourth-order valence-corrected chi connectivity index (χ4v) is 6.72. The molecular weight excluding hydrogens is 428 g/mol. The van der Waals surface area contributed by atoms with Gasteiger partial charge >= 0.3 is 0 Å². The number of rotatable bonds is 10. The number of nitrogens with zero attached hydrogens (tertiary/aromatic N) is 3. The fourth-order valence-electron chi connectivity index (χ4n) is 4.34. The number of piperazine rings is 1. The Labute approximate surface area is 193 Å². The zero-order valence-electron chi connectivity index (χ0n) is 20.1. The van der Waals surface area contributed by atoms with Gasteiger partial charge in [0.15, 0.2) is 5.78 Å². The number of methoxy groups -OCH3 is 1. The Hall–Kier alpha value is -1.68. The molecule has 0 aromatic rings. The van der Waals surface area contributed by atoms with E-state index < -0.39 is 20.4 Å². The summed E-state index contributed by atoms with van der Waals surface area (Å²) in [5, 5.41) is 0. The summed E-state index contributed by atoms with van der Waals surface area (Å²) < 4.78 is 19.9. The third-order valence-corrected chi connectivity index (χ3v) is 9.91. The Morgan fingerprint density at radius 1 is 1.06 bits per heavy atom. The van der Waals surface area contributed by atoms with Gasteiger partial charge in [-0.05, 0) is 51.5 Å². The lowest BCUT2D eigenvalue weighted by Crippen LogP contribution is -2.63. The second kappa shape index (κ2) is 11.4. The maximum absolute atomic E-state index is 14.0. The lowest BCUT2D eigenvalue weighted by Gasteiger charge is -2.47. The van der Waals surface area contributed by atoms with Crippen molar-refractivity contribution < 1.29 is 18.5 Å². The Kier molecular flexibility index (Phi) is 9.51. The van der Waals surface area contributed by atoms with E-state index in [-0.39, 0.29) is 5.78 Å². The molecule has 8 nitrogen and oxygen atoms in total. The van der Waals surface area contributed by atoms with Gasteiger partial charge in [-0.2, -0.15) is 0 Å². The number of amides is 1. The van der Waals surface area contributed by atoms with E-state index in [1.807, 2.05) is 17.3 Å². The lowest BCUT2D eigenvalue weighted by molar-refractivity contribution is -0.121. The van der Waals surface area contributed by atoms with Crippen molar-refractivity contribution in [2.75, 3.05) is 59.5 Å². The number of Topliss-reactive ketones (excluding diaryl/α,β-unsaturated/α-hetero) is 1. The predicted octanol–water partition coefficient (Wildman–Crippen LogP) is 1.03. The van der Waals surface area contributed by atoms with Crippen molar-refractivity contribution >= 4 is 27.3 Å². The molecule has 1 atom stereocenters. The highest BCUT2D eigenvalue weighted by Gasteiger charge is 2.49. The van der Waals surface area contributed by atoms with E-state index in [4.69, 9.17) is 10.5 Å². The van der Waals surface area contributed by atoms with Gasteiger partial charge in [0.2, 0.25) is 5.91 Å². The van der Waals surface area contributed by atoms with Crippen LogP contribution in [-0.4, -0.2) is 100 Å². The molecule has 0 aromatic heterocycles. The fraction of sp³-hybridized carbons (Fsp3) is 0.696. The number of carbonyl (C=O) groups excluding carboxylic acids is 2. The molecule has 2 N–H and O–H groups in total. The smallest absolute Gasteiger partial charge is 0.237 e. The molecule has 0 saturated carbocycles. The van der Waals surface area contributed by atoms with Crippen LogP contribution in [0.25, 0.3) is 0 Å². The van der Waals surface area contributed by atoms with Crippen LogP contribution in [0.15, 0.2) is 23.4 Å². The highest BCUT2D eigenvalue weighted by Crippen LogP contribution is 2.34. The first-order chi connectivity index (χ1) is 15.0. The normalized spacial score (nSPS) is 23.1. The minimum atomic E-state index is -2.87. The van der Waals surface area contributed by atoms with Gasteiger partial charge in [0.1, 0.15) is 4.75 Å². The second-order valence-corrected chi connectivity index (χ2v) is 11.4. The minimum absolute atomic E-state index is 0.0859. The van der Waals surface area contributed by atoms with Crippen molar-refractivity contribution in [1.82, 2.24) is 14.1 Å². The number of ketones is 1. The van der Waals surface area contributed by atoms with Gasteiger partial charge in [-0.1, -0.05) is 12.2 Å². The summed E-state index contributed by atoms with van der Waals surface area (Å²) >= 11 is 0. The monoisotopic (exact) mass is 468 g/mol. The van der Waals surface area contributed by atoms with Gasteiger partial charge in [0.25, 0.3) is 0 Å². The molecule has 0 radical (unpaired) electrons. The van der Waals surface area contributed by atoms with E-state index >= 15 is 0 Å². The molecule has 2 saturated heterocycles. The predicted molar refractivity (Wildman–Crippen MR) is 131 cm³/mol. The topological polar surface area (TPSA) is 96.2 Å². The SMILES string of the molecule is C=S(=O)(N1CCN(/C(C)=C/C/C=C(\C)C(C)=O)CC1)C1(C(N)=O)CCN(CCOC)CC1. The first-order valence-electron chi connectivity index (χ1n) is 11.3. The van der Waals surface area contributed by atoms with Crippen LogP contribution in [0.2, 0.25) is 0 Å². The molecule has 0 spiro atoms. The lowest BCUT2D eigenvalue weighted by atomic mass is 9.95. The highest BCUT2D eigenvalue weighted by molar-refractivity contribution is 8.00. The quantitative estimate of drug-likeness (QED) is 0.380. The number of carbonyl (C=O) groups is 2. The van der Waals surface area contributed by atoms with Crippen LogP contribution in [-0.2, 0) is 24.0 Å². The highest BCUT2D eigenvalue weighted by atomic mass is 32.2. The van der Waals surface area contributed by atoms with E-state index in [9.17, 15) is 13.8 Å². The average molecular weight is 469 g/mol. The summed E-state index contributed by atoms with van der Waals surface area (Å²) in [5.41, 5.74) is 7.73. The summed E-state index contributed by atoms with van der Waals surface area (Å²) in [6.45, 7) is 10.7. The molecule has 2 heterocycles. The number of ether oxygens (including phenoxy) is 1. The van der Waals surface area contributed by atoms with Gasteiger partial charge < -0.3 is 20.3 Å². The molecule has 2 rings (SSSR count). The third-order valence-electron chi connectivity index (χ3n) is 6.88. The van der Waals surface area contributed by atoms with Gasteiger partial charge in [-0.25, -0.2) is 4.31 Å². The maximum Gasteiger partial charge on any atom is 0.237 e. The van der Waals surface area contributed by atoms with E-state index in [1.165, 1.54) is 0 Å². The molecule has 1 unspecified atom stereocenters.